The SMILES string of the molecule is CC(=O)OC[C@H]1O[C@@H](O[C@H]2[C@H]([C@H](O)CO)OC(O)[C@@H]2OC(=O)C(C)(C)C)[C@H](OC(C)=O)[C@@H](OC(C)=O)[C@H]1OC(C)=O. The van der Waals surface area contributed by atoms with Gasteiger partial charge in [-0.1, -0.05) is 0 Å². The van der Waals surface area contributed by atoms with E-state index in [-0.39, 0.29) is 0 Å². The highest BCUT2D eigenvalue weighted by atomic mass is 16.8. The van der Waals surface area contributed by atoms with Gasteiger partial charge in [-0.3, -0.25) is 24.0 Å². The smallest absolute Gasteiger partial charge is 0.311 e. The number of hydrogen-bond donors (Lipinski definition) is 3. The van der Waals surface area contributed by atoms with Crippen LogP contribution in [0.1, 0.15) is 48.5 Å². The molecule has 2 aliphatic rings. The summed E-state index contributed by atoms with van der Waals surface area (Å²) in [5, 5.41) is 30.5. The second-order valence-electron chi connectivity index (χ2n) is 10.5. The molecule has 0 bridgehead atoms. The molecule has 41 heavy (non-hydrogen) atoms. The van der Waals surface area contributed by atoms with Gasteiger partial charge in [0.2, 0.25) is 0 Å². The quantitative estimate of drug-likeness (QED) is 0.193. The molecule has 2 fully saturated rings. The fourth-order valence-corrected chi connectivity index (χ4v) is 4.11. The predicted octanol–water partition coefficient (Wildman–Crippen LogP) is -1.52. The van der Waals surface area contributed by atoms with Gasteiger partial charge in [-0.05, 0) is 20.8 Å². The first-order chi connectivity index (χ1) is 19.0. The molecule has 0 amide bonds. The Labute approximate surface area is 236 Å². The zero-order valence-electron chi connectivity index (χ0n) is 23.8. The average molecular weight is 595 g/mol. The molecule has 0 saturated carbocycles. The van der Waals surface area contributed by atoms with E-state index in [4.69, 9.17) is 37.9 Å². The number of hydrogen-bond acceptors (Lipinski definition) is 16. The second kappa shape index (κ2) is 14.3. The maximum Gasteiger partial charge on any atom is 0.311 e. The number of aliphatic hydroxyl groups is 3. The largest absolute Gasteiger partial charge is 0.463 e. The third kappa shape index (κ3) is 9.31. The van der Waals surface area contributed by atoms with Crippen LogP contribution in [0.2, 0.25) is 0 Å². The van der Waals surface area contributed by atoms with Crippen molar-refractivity contribution in [3.05, 3.63) is 0 Å². The number of rotatable bonds is 10. The molecule has 0 aliphatic carbocycles. The van der Waals surface area contributed by atoms with E-state index >= 15 is 0 Å². The van der Waals surface area contributed by atoms with Crippen molar-refractivity contribution in [2.45, 2.75) is 110 Å². The molecule has 0 aromatic carbocycles. The summed E-state index contributed by atoms with van der Waals surface area (Å²) in [7, 11) is 0. The van der Waals surface area contributed by atoms with E-state index in [0.29, 0.717) is 0 Å². The van der Waals surface area contributed by atoms with Crippen molar-refractivity contribution in [2.75, 3.05) is 13.2 Å². The number of aliphatic hydroxyl groups excluding tert-OH is 3. The minimum atomic E-state index is -1.83. The third-order valence-corrected chi connectivity index (χ3v) is 5.89. The van der Waals surface area contributed by atoms with Gasteiger partial charge in [0.1, 0.15) is 31.0 Å². The molecule has 0 aromatic rings. The Morgan fingerprint density at radius 2 is 1.29 bits per heavy atom. The van der Waals surface area contributed by atoms with E-state index in [1.165, 1.54) is 0 Å². The Hall–Kier alpha value is -2.89. The minimum Gasteiger partial charge on any atom is -0.463 e. The Bertz CT molecular complexity index is 960. The van der Waals surface area contributed by atoms with Gasteiger partial charge in [0.15, 0.2) is 37.0 Å². The Kier molecular flexibility index (Phi) is 12.0. The molecular weight excluding hydrogens is 556 g/mol. The lowest BCUT2D eigenvalue weighted by Crippen LogP contribution is -2.64. The van der Waals surface area contributed by atoms with Crippen LogP contribution < -0.4 is 0 Å². The predicted molar refractivity (Wildman–Crippen MR) is 130 cm³/mol. The monoisotopic (exact) mass is 594 g/mol. The van der Waals surface area contributed by atoms with Gasteiger partial charge in [-0.15, -0.1) is 0 Å². The molecule has 16 nitrogen and oxygen atoms in total. The van der Waals surface area contributed by atoms with E-state index < -0.39 is 110 Å². The van der Waals surface area contributed by atoms with E-state index in [2.05, 4.69) is 0 Å². The molecule has 2 rings (SSSR count). The zero-order chi connectivity index (χ0) is 31.2. The molecule has 16 heteroatoms. The summed E-state index contributed by atoms with van der Waals surface area (Å²) in [6.07, 6.45) is -15.9. The molecule has 1 unspecified atom stereocenters. The maximum atomic E-state index is 12.7. The highest BCUT2D eigenvalue weighted by Gasteiger charge is 2.57. The van der Waals surface area contributed by atoms with Crippen LogP contribution in [0.4, 0.5) is 0 Å². The molecule has 3 N–H and O–H groups in total. The summed E-state index contributed by atoms with van der Waals surface area (Å²) in [5.74, 6) is -4.11. The van der Waals surface area contributed by atoms with Crippen molar-refractivity contribution >= 4 is 29.8 Å². The summed E-state index contributed by atoms with van der Waals surface area (Å²) in [4.78, 5) is 60.3. The van der Waals surface area contributed by atoms with Crippen LogP contribution in [-0.2, 0) is 61.9 Å². The van der Waals surface area contributed by atoms with Crippen molar-refractivity contribution in [1.82, 2.24) is 0 Å². The van der Waals surface area contributed by atoms with Crippen LogP contribution >= 0.6 is 0 Å². The second-order valence-corrected chi connectivity index (χ2v) is 10.5. The number of ether oxygens (including phenoxy) is 8. The molecule has 0 aromatic heterocycles. The molecule has 10 atom stereocenters. The van der Waals surface area contributed by atoms with Gasteiger partial charge < -0.3 is 53.2 Å². The summed E-state index contributed by atoms with van der Waals surface area (Å²) in [5.41, 5.74) is -1.04. The van der Waals surface area contributed by atoms with Crippen molar-refractivity contribution in [1.29, 1.82) is 0 Å². The van der Waals surface area contributed by atoms with Crippen LogP contribution in [0.25, 0.3) is 0 Å². The maximum absolute atomic E-state index is 12.7. The van der Waals surface area contributed by atoms with Crippen molar-refractivity contribution in [3.8, 4) is 0 Å². The number of esters is 5. The fraction of sp³-hybridized carbons (Fsp3) is 0.800. The lowest BCUT2D eigenvalue weighted by Gasteiger charge is -2.45. The van der Waals surface area contributed by atoms with Crippen LogP contribution in [0.5, 0.6) is 0 Å². The standard InChI is InChI=1S/C25H38O16/c1-10(27)34-9-15-17(35-11(2)28)19(36-12(3)29)21(37-13(4)30)23(38-15)40-18-16(14(31)8-26)39-22(32)20(18)41-24(33)25(5,6)7/h14-23,26,31-32H,8-9H2,1-7H3/t14-,15-,16+,17+,18+,19+,20-,21-,22?,23+/m1/s1. The zero-order valence-corrected chi connectivity index (χ0v) is 23.8. The van der Waals surface area contributed by atoms with Gasteiger partial charge >= 0.3 is 29.8 Å². The summed E-state index contributed by atoms with van der Waals surface area (Å²) in [6.45, 7) is 7.49. The molecule has 0 spiro atoms. The Morgan fingerprint density at radius 1 is 0.756 bits per heavy atom. The van der Waals surface area contributed by atoms with Crippen molar-refractivity contribution < 1.29 is 77.2 Å². The first-order valence-electron chi connectivity index (χ1n) is 12.8. The Balaban J connectivity index is 2.57. The van der Waals surface area contributed by atoms with E-state index in [0.717, 1.165) is 27.7 Å². The lowest BCUT2D eigenvalue weighted by molar-refractivity contribution is -0.324. The first kappa shape index (κ1) is 34.3. The summed E-state index contributed by atoms with van der Waals surface area (Å²) in [6, 6.07) is 0. The van der Waals surface area contributed by atoms with Crippen LogP contribution in [0, 0.1) is 5.41 Å². The number of carbonyl (C=O) groups is 5. The van der Waals surface area contributed by atoms with Crippen molar-refractivity contribution in [3.63, 3.8) is 0 Å². The normalized spacial score (nSPS) is 32.4. The first-order valence-corrected chi connectivity index (χ1v) is 12.8. The highest BCUT2D eigenvalue weighted by molar-refractivity contribution is 5.75. The Morgan fingerprint density at radius 3 is 1.78 bits per heavy atom. The summed E-state index contributed by atoms with van der Waals surface area (Å²) >= 11 is 0. The van der Waals surface area contributed by atoms with Gasteiger partial charge in [-0.25, -0.2) is 0 Å². The fourth-order valence-electron chi connectivity index (χ4n) is 4.11. The minimum absolute atomic E-state index is 0.535. The van der Waals surface area contributed by atoms with Gasteiger partial charge in [0.05, 0.1) is 12.0 Å². The van der Waals surface area contributed by atoms with Gasteiger partial charge in [0.25, 0.3) is 0 Å². The molecule has 234 valence electrons. The lowest BCUT2D eigenvalue weighted by atomic mass is 9.96. The van der Waals surface area contributed by atoms with E-state index in [1.54, 1.807) is 20.8 Å². The molecule has 0 radical (unpaired) electrons. The van der Waals surface area contributed by atoms with Crippen molar-refractivity contribution in [2.24, 2.45) is 5.41 Å². The highest BCUT2D eigenvalue weighted by Crippen LogP contribution is 2.35. The van der Waals surface area contributed by atoms with E-state index in [1.807, 2.05) is 0 Å². The van der Waals surface area contributed by atoms with Gasteiger partial charge in [0, 0.05) is 27.7 Å². The van der Waals surface area contributed by atoms with E-state index in [9.17, 15) is 39.3 Å². The molecule has 2 saturated heterocycles. The van der Waals surface area contributed by atoms with Crippen LogP contribution in [-0.4, -0.2) is 120 Å². The third-order valence-electron chi connectivity index (χ3n) is 5.89. The van der Waals surface area contributed by atoms with Crippen LogP contribution in [0.3, 0.4) is 0 Å². The molecule has 2 heterocycles. The molecular formula is C25H38O16. The van der Waals surface area contributed by atoms with Gasteiger partial charge in [-0.2, -0.15) is 0 Å². The average Bonchev–Trinajstić information content (AvgIpc) is 3.14. The van der Waals surface area contributed by atoms with Crippen LogP contribution in [0.15, 0.2) is 0 Å². The topological polar surface area (TPSA) is 220 Å². The summed E-state index contributed by atoms with van der Waals surface area (Å²) < 4.78 is 43.7. The number of carbonyl (C=O) groups excluding carboxylic acids is 5. The molecule has 2 aliphatic heterocycles.